The van der Waals surface area contributed by atoms with Gasteiger partial charge in [-0.25, -0.2) is 18.4 Å². The summed E-state index contributed by atoms with van der Waals surface area (Å²) in [5, 5.41) is 0. The van der Waals surface area contributed by atoms with Crippen LogP contribution in [0.3, 0.4) is 0 Å². The fourth-order valence-electron chi connectivity index (χ4n) is 4.20. The third-order valence-electron chi connectivity index (χ3n) is 6.06. The molecule has 0 saturated carbocycles. The lowest BCUT2D eigenvalue weighted by Crippen LogP contribution is -2.47. The lowest BCUT2D eigenvalue weighted by atomic mass is 10.2. The molecule has 0 N–H and O–H groups in total. The second kappa shape index (κ2) is 9.22. The molecule has 3 aromatic rings. The van der Waals surface area contributed by atoms with Gasteiger partial charge in [-0.15, -0.1) is 11.3 Å². The molecule has 9 nitrogen and oxygen atoms in total. The maximum Gasteiger partial charge on any atom is 0.211 e. The molecule has 0 unspecified atom stereocenters. The summed E-state index contributed by atoms with van der Waals surface area (Å²) in [5.74, 6) is 1.64. The summed E-state index contributed by atoms with van der Waals surface area (Å²) in [6.07, 6.45) is 3.11. The van der Waals surface area contributed by atoms with Gasteiger partial charge in [0.25, 0.3) is 0 Å². The second-order valence-electron chi connectivity index (χ2n) is 8.52. The Morgan fingerprint density at radius 3 is 2.48 bits per heavy atom. The molecule has 2 aliphatic heterocycles. The van der Waals surface area contributed by atoms with Gasteiger partial charge in [0.05, 0.1) is 29.7 Å². The highest BCUT2D eigenvalue weighted by Crippen LogP contribution is 2.35. The van der Waals surface area contributed by atoms with Crippen LogP contribution >= 0.6 is 11.3 Å². The van der Waals surface area contributed by atoms with Crippen LogP contribution in [0.25, 0.3) is 21.6 Å². The smallest absolute Gasteiger partial charge is 0.211 e. The van der Waals surface area contributed by atoms with Crippen LogP contribution in [0.1, 0.15) is 10.6 Å². The molecule has 0 bridgehead atoms. The highest BCUT2D eigenvalue weighted by molar-refractivity contribution is 7.88. The fraction of sp³-hybridized carbons (Fsp3) is 0.500. The minimum atomic E-state index is -3.12. The molecule has 33 heavy (non-hydrogen) atoms. The predicted octanol–water partition coefficient (Wildman–Crippen LogP) is 1.98. The summed E-state index contributed by atoms with van der Waals surface area (Å²) < 4.78 is 31.8. The second-order valence-corrected chi connectivity index (χ2v) is 11.6. The molecule has 2 aliphatic rings. The maximum absolute atomic E-state index is 11.8. The molecule has 5 heterocycles. The van der Waals surface area contributed by atoms with Crippen LogP contribution in [-0.4, -0.2) is 91.3 Å². The Hall–Kier alpha value is -2.18. The number of pyridine rings is 1. The zero-order chi connectivity index (χ0) is 23.0. The third-order valence-corrected chi connectivity index (χ3v) is 8.47. The quantitative estimate of drug-likeness (QED) is 0.538. The highest BCUT2D eigenvalue weighted by atomic mass is 32.2. The minimum absolute atomic E-state index is 0.535. The maximum atomic E-state index is 11.8. The van der Waals surface area contributed by atoms with Crippen molar-refractivity contribution >= 4 is 37.4 Å². The van der Waals surface area contributed by atoms with Crippen molar-refractivity contribution in [1.82, 2.24) is 24.2 Å². The summed E-state index contributed by atoms with van der Waals surface area (Å²) >= 11 is 1.73. The summed E-state index contributed by atoms with van der Waals surface area (Å²) in [6.45, 7) is 8.26. The molecule has 176 valence electrons. The van der Waals surface area contributed by atoms with E-state index in [0.717, 1.165) is 60.0 Å². The van der Waals surface area contributed by atoms with Crippen molar-refractivity contribution in [1.29, 1.82) is 0 Å². The molecule has 0 atom stereocenters. The lowest BCUT2D eigenvalue weighted by Gasteiger charge is -2.32. The first-order chi connectivity index (χ1) is 15.9. The minimum Gasteiger partial charge on any atom is -0.378 e. The van der Waals surface area contributed by atoms with Gasteiger partial charge in [0.2, 0.25) is 10.0 Å². The van der Waals surface area contributed by atoms with Gasteiger partial charge in [0.1, 0.15) is 0 Å². The Balaban J connectivity index is 1.45. The van der Waals surface area contributed by atoms with Gasteiger partial charge in [-0.3, -0.25) is 9.88 Å². The van der Waals surface area contributed by atoms with E-state index in [-0.39, 0.29) is 0 Å². The number of aromatic nitrogens is 3. The number of ether oxygens (including phenoxy) is 1. The lowest BCUT2D eigenvalue weighted by molar-refractivity contribution is 0.122. The highest BCUT2D eigenvalue weighted by Gasteiger charge is 2.25. The first kappa shape index (κ1) is 22.6. The van der Waals surface area contributed by atoms with Crippen LogP contribution in [0.2, 0.25) is 0 Å². The number of rotatable bonds is 5. The Bertz CT molecular complexity index is 1230. The SMILES string of the molecule is Cc1ccc(-c2nc(N3CCOCC3)c3sc(CN4CCN(S(C)(=O)=O)CC4)cc3n2)cn1. The van der Waals surface area contributed by atoms with Crippen LogP contribution in [0.4, 0.5) is 5.82 Å². The number of anilines is 1. The zero-order valence-electron chi connectivity index (χ0n) is 18.9. The van der Waals surface area contributed by atoms with E-state index < -0.39 is 10.0 Å². The Kier molecular flexibility index (Phi) is 6.32. The number of aryl methyl sites for hydroxylation is 1. The summed E-state index contributed by atoms with van der Waals surface area (Å²) in [6, 6.07) is 6.15. The van der Waals surface area contributed by atoms with Gasteiger partial charge in [0.15, 0.2) is 11.6 Å². The van der Waals surface area contributed by atoms with Crippen molar-refractivity contribution in [3.05, 3.63) is 35.0 Å². The number of hydrogen-bond acceptors (Lipinski definition) is 9. The first-order valence-electron chi connectivity index (χ1n) is 11.1. The van der Waals surface area contributed by atoms with Crippen molar-refractivity contribution < 1.29 is 13.2 Å². The average Bonchev–Trinajstić information content (AvgIpc) is 3.21. The number of hydrogen-bond donors (Lipinski definition) is 0. The van der Waals surface area contributed by atoms with Gasteiger partial charge in [-0.2, -0.15) is 4.31 Å². The number of thiophene rings is 1. The largest absolute Gasteiger partial charge is 0.378 e. The topological polar surface area (TPSA) is 91.8 Å². The van der Waals surface area contributed by atoms with Crippen LogP contribution < -0.4 is 4.90 Å². The predicted molar refractivity (Wildman–Crippen MR) is 130 cm³/mol. The van der Waals surface area contributed by atoms with Crippen molar-refractivity contribution in [2.24, 2.45) is 0 Å². The van der Waals surface area contributed by atoms with E-state index in [9.17, 15) is 8.42 Å². The van der Waals surface area contributed by atoms with E-state index in [1.807, 2.05) is 25.3 Å². The van der Waals surface area contributed by atoms with Crippen molar-refractivity contribution in [3.63, 3.8) is 0 Å². The van der Waals surface area contributed by atoms with Gasteiger partial charge < -0.3 is 9.64 Å². The summed E-state index contributed by atoms with van der Waals surface area (Å²) in [5.41, 5.74) is 2.81. The number of sulfonamides is 1. The van der Waals surface area contributed by atoms with E-state index in [2.05, 4.69) is 20.9 Å². The zero-order valence-corrected chi connectivity index (χ0v) is 20.5. The van der Waals surface area contributed by atoms with Gasteiger partial charge in [-0.05, 0) is 25.1 Å². The van der Waals surface area contributed by atoms with Crippen molar-refractivity contribution in [3.8, 4) is 11.4 Å². The molecule has 11 heteroatoms. The van der Waals surface area contributed by atoms with Crippen LogP contribution in [0.15, 0.2) is 24.4 Å². The molecule has 0 amide bonds. The molecule has 0 aromatic carbocycles. The average molecular weight is 489 g/mol. The van der Waals surface area contributed by atoms with Crippen LogP contribution in [0, 0.1) is 6.92 Å². The van der Waals surface area contributed by atoms with Crippen LogP contribution in [0.5, 0.6) is 0 Å². The fourth-order valence-corrected chi connectivity index (χ4v) is 6.18. The number of nitrogens with zero attached hydrogens (tertiary/aromatic N) is 6. The van der Waals surface area contributed by atoms with Gasteiger partial charge >= 0.3 is 0 Å². The molecule has 5 rings (SSSR count). The Labute approximate surface area is 198 Å². The van der Waals surface area contributed by atoms with Gasteiger partial charge in [-0.1, -0.05) is 0 Å². The molecule has 0 spiro atoms. The Morgan fingerprint density at radius 2 is 1.82 bits per heavy atom. The standard InChI is InChI=1S/C22H28N6O3S2/c1-16-3-4-17(14-23-16)21-24-19-13-18(15-26-5-7-28(8-6-26)33(2,29)30)32-20(19)22(25-21)27-9-11-31-12-10-27/h3-4,13-14H,5-12,15H2,1-2H3. The number of fused-ring (bicyclic) bond motifs is 1. The van der Waals surface area contributed by atoms with E-state index in [1.54, 1.807) is 15.6 Å². The molecular weight excluding hydrogens is 460 g/mol. The monoisotopic (exact) mass is 488 g/mol. The summed E-state index contributed by atoms with van der Waals surface area (Å²) in [7, 11) is -3.12. The molecule has 2 fully saturated rings. The molecule has 0 radical (unpaired) electrons. The normalized spacial score (nSPS) is 18.8. The molecule has 0 aliphatic carbocycles. The van der Waals surface area contributed by atoms with Crippen molar-refractivity contribution in [2.45, 2.75) is 13.5 Å². The summed E-state index contributed by atoms with van der Waals surface area (Å²) in [4.78, 5) is 20.1. The third kappa shape index (κ3) is 5.02. The van der Waals surface area contributed by atoms with E-state index in [1.165, 1.54) is 11.1 Å². The van der Waals surface area contributed by atoms with E-state index in [0.29, 0.717) is 32.1 Å². The van der Waals surface area contributed by atoms with Gasteiger partial charge in [0, 0.05) is 68.1 Å². The van der Waals surface area contributed by atoms with Crippen LogP contribution in [-0.2, 0) is 21.3 Å². The molecule has 3 aromatic heterocycles. The van der Waals surface area contributed by atoms with Crippen molar-refractivity contribution in [2.75, 3.05) is 63.6 Å². The molecule has 2 saturated heterocycles. The first-order valence-corrected chi connectivity index (χ1v) is 13.8. The van der Waals surface area contributed by atoms with E-state index in [4.69, 9.17) is 14.7 Å². The Morgan fingerprint density at radius 1 is 1.06 bits per heavy atom. The number of piperazine rings is 1. The number of morpholine rings is 1. The molecular formula is C22H28N6O3S2. The van der Waals surface area contributed by atoms with E-state index >= 15 is 0 Å².